The van der Waals surface area contributed by atoms with Gasteiger partial charge in [-0.05, 0) is 25.2 Å². The SMILES string of the molecule is COC(=O)CCC/C=C\C[C@H]1C(=O)C[C@@H](O)[C@@H]1C. The number of methoxy groups -OCH3 is 1. The molecule has 0 aliphatic heterocycles. The number of unbranched alkanes of at least 4 members (excludes halogenated alkanes) is 1. The molecule has 3 atom stereocenters. The van der Waals surface area contributed by atoms with E-state index >= 15 is 0 Å². The first-order valence-corrected chi connectivity index (χ1v) is 6.48. The van der Waals surface area contributed by atoms with Crippen LogP contribution in [0.25, 0.3) is 0 Å². The van der Waals surface area contributed by atoms with Gasteiger partial charge in [0.05, 0.1) is 13.2 Å². The van der Waals surface area contributed by atoms with E-state index in [1.54, 1.807) is 0 Å². The maximum absolute atomic E-state index is 11.6. The molecule has 0 unspecified atom stereocenters. The van der Waals surface area contributed by atoms with E-state index in [9.17, 15) is 14.7 Å². The Balaban J connectivity index is 2.20. The lowest BCUT2D eigenvalue weighted by molar-refractivity contribution is -0.140. The Bertz CT molecular complexity index is 322. The molecule has 1 fully saturated rings. The molecule has 0 aromatic carbocycles. The van der Waals surface area contributed by atoms with Crippen LogP contribution in [0.15, 0.2) is 12.2 Å². The van der Waals surface area contributed by atoms with Crippen molar-refractivity contribution in [3.63, 3.8) is 0 Å². The fourth-order valence-corrected chi connectivity index (χ4v) is 2.28. The van der Waals surface area contributed by atoms with Crippen molar-refractivity contribution in [3.8, 4) is 0 Å². The zero-order valence-electron chi connectivity index (χ0n) is 11.1. The van der Waals surface area contributed by atoms with E-state index < -0.39 is 6.10 Å². The smallest absolute Gasteiger partial charge is 0.305 e. The van der Waals surface area contributed by atoms with Gasteiger partial charge in [0.1, 0.15) is 5.78 Å². The molecular formula is C14H22O4. The fourth-order valence-electron chi connectivity index (χ4n) is 2.28. The number of carbonyl (C=O) groups excluding carboxylic acids is 2. The molecule has 0 aromatic rings. The van der Waals surface area contributed by atoms with E-state index in [4.69, 9.17) is 0 Å². The summed E-state index contributed by atoms with van der Waals surface area (Å²) in [5.41, 5.74) is 0. The van der Waals surface area contributed by atoms with Crippen molar-refractivity contribution in [1.82, 2.24) is 0 Å². The molecule has 4 heteroatoms. The summed E-state index contributed by atoms with van der Waals surface area (Å²) in [6, 6.07) is 0. The molecule has 0 aromatic heterocycles. The predicted molar refractivity (Wildman–Crippen MR) is 67.9 cm³/mol. The minimum Gasteiger partial charge on any atom is -0.469 e. The minimum atomic E-state index is -0.477. The number of rotatable bonds is 6. The second-order valence-corrected chi connectivity index (χ2v) is 4.88. The predicted octanol–water partition coefficient (Wildman–Crippen LogP) is 1.86. The summed E-state index contributed by atoms with van der Waals surface area (Å²) in [6.45, 7) is 1.92. The van der Waals surface area contributed by atoms with Crippen molar-refractivity contribution in [2.75, 3.05) is 7.11 Å². The number of aliphatic hydroxyl groups excluding tert-OH is 1. The third kappa shape index (κ3) is 4.26. The Kier molecular flexibility index (Phi) is 6.05. The Morgan fingerprint density at radius 3 is 2.78 bits per heavy atom. The molecule has 1 rings (SSSR count). The number of esters is 1. The highest BCUT2D eigenvalue weighted by Gasteiger charge is 2.37. The van der Waals surface area contributed by atoms with E-state index in [1.807, 2.05) is 19.1 Å². The molecule has 18 heavy (non-hydrogen) atoms. The van der Waals surface area contributed by atoms with Gasteiger partial charge >= 0.3 is 5.97 Å². The van der Waals surface area contributed by atoms with Crippen LogP contribution in [-0.2, 0) is 14.3 Å². The first kappa shape index (κ1) is 14.9. The van der Waals surface area contributed by atoms with Crippen LogP contribution >= 0.6 is 0 Å². The van der Waals surface area contributed by atoms with Crippen LogP contribution in [-0.4, -0.2) is 30.1 Å². The highest BCUT2D eigenvalue weighted by molar-refractivity contribution is 5.84. The third-order valence-electron chi connectivity index (χ3n) is 3.60. The fraction of sp³-hybridized carbons (Fsp3) is 0.714. The third-order valence-corrected chi connectivity index (χ3v) is 3.60. The van der Waals surface area contributed by atoms with Crippen LogP contribution in [0.2, 0.25) is 0 Å². The molecule has 0 heterocycles. The molecule has 4 nitrogen and oxygen atoms in total. The maximum atomic E-state index is 11.6. The Labute approximate surface area is 108 Å². The van der Waals surface area contributed by atoms with E-state index in [-0.39, 0.29) is 23.6 Å². The Morgan fingerprint density at radius 1 is 1.50 bits per heavy atom. The highest BCUT2D eigenvalue weighted by atomic mass is 16.5. The number of hydrogen-bond acceptors (Lipinski definition) is 4. The molecule has 1 N–H and O–H groups in total. The van der Waals surface area contributed by atoms with Crippen LogP contribution < -0.4 is 0 Å². The number of Topliss-reactive ketones (excluding diaryl/α,β-unsaturated/α-hetero) is 1. The number of aliphatic hydroxyl groups is 1. The topological polar surface area (TPSA) is 63.6 Å². The average Bonchev–Trinajstić information content (AvgIpc) is 2.59. The maximum Gasteiger partial charge on any atom is 0.305 e. The first-order valence-electron chi connectivity index (χ1n) is 6.48. The summed E-state index contributed by atoms with van der Waals surface area (Å²) in [5, 5.41) is 9.57. The van der Waals surface area contributed by atoms with Gasteiger partial charge in [0.15, 0.2) is 0 Å². The summed E-state index contributed by atoms with van der Waals surface area (Å²) in [5.74, 6) is -0.0191. The number of carbonyl (C=O) groups is 2. The van der Waals surface area contributed by atoms with Gasteiger partial charge in [0.2, 0.25) is 0 Å². The van der Waals surface area contributed by atoms with Crippen molar-refractivity contribution in [1.29, 1.82) is 0 Å². The number of ketones is 1. The summed E-state index contributed by atoms with van der Waals surface area (Å²) in [7, 11) is 1.39. The second-order valence-electron chi connectivity index (χ2n) is 4.88. The van der Waals surface area contributed by atoms with Gasteiger partial charge in [-0.15, -0.1) is 0 Å². The van der Waals surface area contributed by atoms with Gasteiger partial charge in [-0.25, -0.2) is 0 Å². The van der Waals surface area contributed by atoms with Gasteiger partial charge in [-0.3, -0.25) is 9.59 Å². The monoisotopic (exact) mass is 254 g/mol. The summed E-state index contributed by atoms with van der Waals surface area (Å²) >= 11 is 0. The molecule has 1 aliphatic rings. The summed E-state index contributed by atoms with van der Waals surface area (Å²) < 4.78 is 4.54. The molecule has 0 bridgehead atoms. The van der Waals surface area contributed by atoms with Crippen LogP contribution in [0.3, 0.4) is 0 Å². The van der Waals surface area contributed by atoms with Crippen molar-refractivity contribution in [2.45, 2.75) is 45.1 Å². The Hall–Kier alpha value is -1.16. The standard InChI is InChI=1S/C14H22O4/c1-10-11(13(16)9-12(10)15)7-5-3-4-6-8-14(17)18-2/h3,5,10-12,15H,4,6-9H2,1-2H3/b5-3-/t10-,11-,12-/m1/s1. The van der Waals surface area contributed by atoms with Crippen LogP contribution in [0, 0.1) is 11.8 Å². The second kappa shape index (κ2) is 7.31. The van der Waals surface area contributed by atoms with E-state index in [0.717, 1.165) is 12.8 Å². The van der Waals surface area contributed by atoms with Crippen molar-refractivity contribution < 1.29 is 19.4 Å². The summed E-state index contributed by atoms with van der Waals surface area (Å²) in [6.07, 6.45) is 6.49. The molecule has 0 radical (unpaired) electrons. The molecule has 0 spiro atoms. The van der Waals surface area contributed by atoms with Gasteiger partial charge in [-0.2, -0.15) is 0 Å². The van der Waals surface area contributed by atoms with Crippen molar-refractivity contribution in [3.05, 3.63) is 12.2 Å². The molecule has 0 amide bonds. The highest BCUT2D eigenvalue weighted by Crippen LogP contribution is 2.31. The normalized spacial score (nSPS) is 27.9. The lowest BCUT2D eigenvalue weighted by Crippen LogP contribution is -2.16. The van der Waals surface area contributed by atoms with Gasteiger partial charge in [0, 0.05) is 18.8 Å². The van der Waals surface area contributed by atoms with E-state index in [2.05, 4.69) is 4.74 Å². The molecule has 1 aliphatic carbocycles. The van der Waals surface area contributed by atoms with Crippen molar-refractivity contribution >= 4 is 11.8 Å². The average molecular weight is 254 g/mol. The molecule has 1 saturated carbocycles. The number of hydrogen-bond donors (Lipinski definition) is 1. The zero-order chi connectivity index (χ0) is 13.5. The first-order chi connectivity index (χ1) is 8.56. The quantitative estimate of drug-likeness (QED) is 0.446. The van der Waals surface area contributed by atoms with Crippen LogP contribution in [0.4, 0.5) is 0 Å². The van der Waals surface area contributed by atoms with Gasteiger partial charge in [-0.1, -0.05) is 19.1 Å². The lowest BCUT2D eigenvalue weighted by Gasteiger charge is -2.13. The van der Waals surface area contributed by atoms with Crippen molar-refractivity contribution in [2.24, 2.45) is 11.8 Å². The molecule has 102 valence electrons. The Morgan fingerprint density at radius 2 is 2.22 bits per heavy atom. The largest absolute Gasteiger partial charge is 0.469 e. The minimum absolute atomic E-state index is 0.0446. The van der Waals surface area contributed by atoms with Gasteiger partial charge in [0.25, 0.3) is 0 Å². The number of ether oxygens (including phenoxy) is 1. The molecular weight excluding hydrogens is 232 g/mol. The lowest BCUT2D eigenvalue weighted by atomic mass is 9.93. The molecule has 0 saturated heterocycles. The van der Waals surface area contributed by atoms with E-state index in [0.29, 0.717) is 19.3 Å². The van der Waals surface area contributed by atoms with Gasteiger partial charge < -0.3 is 9.84 Å². The number of allylic oxidation sites excluding steroid dienone is 2. The van der Waals surface area contributed by atoms with Crippen LogP contribution in [0.5, 0.6) is 0 Å². The van der Waals surface area contributed by atoms with E-state index in [1.165, 1.54) is 7.11 Å². The van der Waals surface area contributed by atoms with Crippen LogP contribution in [0.1, 0.15) is 39.0 Å². The zero-order valence-corrected chi connectivity index (χ0v) is 11.1. The summed E-state index contributed by atoms with van der Waals surface area (Å²) in [4.78, 5) is 22.4.